The molecular weight excluding hydrogens is 1260 g/mol. The van der Waals surface area contributed by atoms with Crippen molar-refractivity contribution in [1.82, 2.24) is 9.13 Å². The largest absolute Gasteiger partial charge is 0.456 e. The van der Waals surface area contributed by atoms with E-state index in [0.717, 1.165) is 101 Å². The van der Waals surface area contributed by atoms with E-state index in [0.29, 0.717) is 0 Å². The van der Waals surface area contributed by atoms with E-state index in [-0.39, 0.29) is 33.8 Å². The lowest BCUT2D eigenvalue weighted by Gasteiger charge is -2.46. The van der Waals surface area contributed by atoms with Gasteiger partial charge in [0.25, 0.3) is 6.71 Å². The maximum absolute atomic E-state index is 7.17. The zero-order valence-electron chi connectivity index (χ0n) is 62.7. The molecule has 0 atom stereocenters. The van der Waals surface area contributed by atoms with Crippen molar-refractivity contribution < 1.29 is 4.42 Å². The van der Waals surface area contributed by atoms with Crippen LogP contribution in [0.1, 0.15) is 132 Å². The normalized spacial score (nSPS) is 13.5. The van der Waals surface area contributed by atoms with Gasteiger partial charge in [0.15, 0.2) is 0 Å². The molecule has 2 aliphatic heterocycles. The van der Waals surface area contributed by atoms with Gasteiger partial charge < -0.3 is 23.4 Å². The highest BCUT2D eigenvalue weighted by Crippen LogP contribution is 2.55. The maximum atomic E-state index is 7.17. The SMILES string of the molecule is CC(C)(C)c1cc(-c2ccc3c(c2)N(c2c(-c4ccccc4)ccc4c2c2ccccc2n4-c2ccccc2)c2cc(C(C)(C)C)cc4c2B3c2ccc(-n3c5ccc(C(C)(C)C)cc5c5cc(C(C)(C)C)ccc53)cc2N4c2cc(-c3ccccc3)cc3oc4ccccc4c23)cc(C(C)(C)C)c1. The Morgan fingerprint density at radius 1 is 0.269 bits per heavy atom. The van der Waals surface area contributed by atoms with Gasteiger partial charge >= 0.3 is 0 Å². The van der Waals surface area contributed by atoms with Crippen molar-refractivity contribution in [3.63, 3.8) is 0 Å². The summed E-state index contributed by atoms with van der Waals surface area (Å²) in [7, 11) is 0. The van der Waals surface area contributed by atoms with Crippen molar-refractivity contribution >= 4 is 123 Å². The molecule has 0 N–H and O–H groups in total. The van der Waals surface area contributed by atoms with Crippen molar-refractivity contribution in [3.05, 3.63) is 295 Å². The summed E-state index contributed by atoms with van der Waals surface area (Å²) in [5.41, 5.74) is 31.8. The molecule has 6 heteroatoms. The van der Waals surface area contributed by atoms with Crippen LogP contribution in [0.4, 0.5) is 34.1 Å². The molecule has 0 saturated heterocycles. The second-order valence-corrected chi connectivity index (χ2v) is 34.6. The first kappa shape index (κ1) is 65.0. The average molecular weight is 1350 g/mol. The number of benzene rings is 13. The van der Waals surface area contributed by atoms with Gasteiger partial charge in [-0.15, -0.1) is 0 Å². The van der Waals surface area contributed by atoms with Crippen LogP contribution >= 0.6 is 0 Å². The van der Waals surface area contributed by atoms with Crippen LogP contribution in [-0.4, -0.2) is 15.8 Å². The number of hydrogen-bond acceptors (Lipinski definition) is 3. The molecule has 5 heterocycles. The zero-order chi connectivity index (χ0) is 71.8. The van der Waals surface area contributed by atoms with E-state index in [1.54, 1.807) is 0 Å². The van der Waals surface area contributed by atoms with Crippen LogP contribution in [0.3, 0.4) is 0 Å². The third-order valence-corrected chi connectivity index (χ3v) is 22.6. The van der Waals surface area contributed by atoms with Gasteiger partial charge in [0.1, 0.15) is 11.2 Å². The van der Waals surface area contributed by atoms with Gasteiger partial charge in [-0.1, -0.05) is 274 Å². The van der Waals surface area contributed by atoms with Gasteiger partial charge in [0.05, 0.1) is 38.8 Å². The highest BCUT2D eigenvalue weighted by molar-refractivity contribution is 7.00. The number of rotatable bonds is 7. The van der Waals surface area contributed by atoms with E-state index in [1.165, 1.54) is 87.9 Å². The Labute approximate surface area is 612 Å². The first-order valence-electron chi connectivity index (χ1n) is 37.2. The zero-order valence-corrected chi connectivity index (χ0v) is 62.7. The lowest BCUT2D eigenvalue weighted by Crippen LogP contribution is -2.61. The molecule has 0 unspecified atom stereocenters. The fourth-order valence-corrected chi connectivity index (χ4v) is 16.9. The highest BCUT2D eigenvalue weighted by Gasteiger charge is 2.46. The fraction of sp³-hybridized carbons (Fsp3) is 0.204. The topological polar surface area (TPSA) is 29.5 Å². The van der Waals surface area contributed by atoms with E-state index < -0.39 is 0 Å². The minimum absolute atomic E-state index is 0.0548. The van der Waals surface area contributed by atoms with Gasteiger partial charge in [-0.25, -0.2) is 0 Å². The number of anilines is 6. The molecule has 18 rings (SSSR count). The molecule has 2 aliphatic rings. The Morgan fingerprint density at radius 2 is 0.750 bits per heavy atom. The summed E-state index contributed by atoms with van der Waals surface area (Å²) in [4.78, 5) is 5.41. The van der Waals surface area contributed by atoms with E-state index in [2.05, 4.69) is 390 Å². The van der Waals surface area contributed by atoms with E-state index in [4.69, 9.17) is 4.42 Å². The summed E-state index contributed by atoms with van der Waals surface area (Å²) < 4.78 is 12.2. The number of nitrogens with zero attached hydrogens (tertiary/aromatic N) is 4. The Bertz CT molecular complexity index is 6090. The lowest BCUT2D eigenvalue weighted by molar-refractivity contribution is 0.569. The standard InChI is InChI=1S/C98H89BN4O/c1-94(2,3)65-40-46-80-75(55-65)76-56-66(95(4,5)6)41-47-81(76)101(80)71-42-45-78-84(59-71)102(85-52-64(60-29-19-16-20-30-60)53-89-90(85)74-36-26-28-38-88(74)104-89)86-57-69(98(13,14)15)58-87-92(86)99(78)77-44-39-62(63-49-67(96(7,8)9)54-68(50-63)97(10,11)12)51-83(77)103(87)93-72(61-31-21-17-22-32-61)43-48-82-91(93)73-35-25-27-37-79(73)100(82)70-33-23-18-24-34-70/h16-59H,1-15H3. The Balaban J connectivity index is 1.02. The number of aromatic nitrogens is 2. The molecule has 13 aromatic carbocycles. The summed E-state index contributed by atoms with van der Waals surface area (Å²) in [6, 6.07) is 102. The minimum atomic E-state index is -0.332. The predicted molar refractivity (Wildman–Crippen MR) is 446 cm³/mol. The third-order valence-electron chi connectivity index (χ3n) is 22.6. The summed E-state index contributed by atoms with van der Waals surface area (Å²) in [6.45, 7) is 35.1. The molecule has 0 fully saturated rings. The van der Waals surface area contributed by atoms with Crippen LogP contribution in [0, 0.1) is 0 Å². The molecule has 510 valence electrons. The molecule has 5 nitrogen and oxygen atoms in total. The van der Waals surface area contributed by atoms with Crippen molar-refractivity contribution in [2.45, 2.75) is 131 Å². The quantitative estimate of drug-likeness (QED) is 0.149. The maximum Gasteiger partial charge on any atom is 0.252 e. The number of para-hydroxylation sites is 3. The second kappa shape index (κ2) is 23.2. The molecular formula is C98H89BN4O. The van der Waals surface area contributed by atoms with Crippen molar-refractivity contribution in [2.24, 2.45) is 0 Å². The van der Waals surface area contributed by atoms with Gasteiger partial charge in [0, 0.05) is 66.6 Å². The minimum Gasteiger partial charge on any atom is -0.456 e. The Morgan fingerprint density at radius 3 is 1.37 bits per heavy atom. The highest BCUT2D eigenvalue weighted by atomic mass is 16.3. The molecule has 0 radical (unpaired) electrons. The fourth-order valence-electron chi connectivity index (χ4n) is 16.9. The molecule has 3 aromatic heterocycles. The van der Waals surface area contributed by atoms with Gasteiger partial charge in [-0.05, 0) is 196 Å². The summed E-state index contributed by atoms with van der Waals surface area (Å²) >= 11 is 0. The van der Waals surface area contributed by atoms with E-state index in [1.807, 2.05) is 0 Å². The first-order valence-corrected chi connectivity index (χ1v) is 37.2. The van der Waals surface area contributed by atoms with E-state index in [9.17, 15) is 0 Å². The number of hydrogen-bond donors (Lipinski definition) is 0. The Kier molecular flexibility index (Phi) is 14.5. The van der Waals surface area contributed by atoms with Crippen molar-refractivity contribution in [2.75, 3.05) is 9.80 Å². The molecule has 16 aromatic rings. The van der Waals surface area contributed by atoms with Crippen molar-refractivity contribution in [1.29, 1.82) is 0 Å². The summed E-state index contributed by atoms with van der Waals surface area (Å²) in [5, 5.41) is 7.04. The molecule has 0 amide bonds. The predicted octanol–water partition coefficient (Wildman–Crippen LogP) is 25.4. The number of fused-ring (bicyclic) bond motifs is 13. The molecule has 0 saturated carbocycles. The molecule has 0 bridgehead atoms. The second-order valence-electron chi connectivity index (χ2n) is 34.6. The average Bonchev–Trinajstić information content (AvgIpc) is 0.732. The van der Waals surface area contributed by atoms with Crippen LogP contribution in [-0.2, 0) is 27.1 Å². The van der Waals surface area contributed by atoms with Crippen LogP contribution in [0.15, 0.2) is 271 Å². The van der Waals surface area contributed by atoms with Crippen molar-refractivity contribution in [3.8, 4) is 44.8 Å². The monoisotopic (exact) mass is 1350 g/mol. The molecule has 0 spiro atoms. The lowest BCUT2D eigenvalue weighted by atomic mass is 9.33. The first-order chi connectivity index (χ1) is 49.7. The smallest absolute Gasteiger partial charge is 0.252 e. The van der Waals surface area contributed by atoms with Crippen LogP contribution < -0.4 is 26.2 Å². The van der Waals surface area contributed by atoms with E-state index >= 15 is 0 Å². The van der Waals surface area contributed by atoms with Gasteiger partial charge in [0.2, 0.25) is 0 Å². The third kappa shape index (κ3) is 10.4. The van der Waals surface area contributed by atoms with Gasteiger partial charge in [-0.2, -0.15) is 0 Å². The van der Waals surface area contributed by atoms with Crippen LogP contribution in [0.25, 0.3) is 110 Å². The summed E-state index contributed by atoms with van der Waals surface area (Å²) in [6.07, 6.45) is 0. The molecule has 104 heavy (non-hydrogen) atoms. The summed E-state index contributed by atoms with van der Waals surface area (Å²) in [5.74, 6) is 0. The number of furan rings is 1. The van der Waals surface area contributed by atoms with Crippen LogP contribution in [0.5, 0.6) is 0 Å². The van der Waals surface area contributed by atoms with Gasteiger partial charge in [-0.3, -0.25) is 0 Å². The van der Waals surface area contributed by atoms with Crippen LogP contribution in [0.2, 0.25) is 0 Å². The Hall–Kier alpha value is -11.1. The molecule has 0 aliphatic carbocycles.